The van der Waals surface area contributed by atoms with Crippen LogP contribution in [0.15, 0.2) is 18.2 Å². The van der Waals surface area contributed by atoms with E-state index in [2.05, 4.69) is 0 Å². The van der Waals surface area contributed by atoms with Crippen LogP contribution in [0.3, 0.4) is 0 Å². The molecule has 1 aromatic rings. The zero-order valence-corrected chi connectivity index (χ0v) is 16.9. The van der Waals surface area contributed by atoms with Gasteiger partial charge < -0.3 is 19.3 Å². The first-order valence-electron chi connectivity index (χ1n) is 9.49. The van der Waals surface area contributed by atoms with Crippen molar-refractivity contribution in [3.8, 4) is 0 Å². The van der Waals surface area contributed by atoms with Gasteiger partial charge in [0.25, 0.3) is 0 Å². The molecule has 156 valence electrons. The van der Waals surface area contributed by atoms with Crippen LogP contribution >= 0.6 is 0 Å². The van der Waals surface area contributed by atoms with E-state index in [1.807, 2.05) is 14.7 Å². The zero-order chi connectivity index (χ0) is 20.5. The standard InChI is InChI=1S/C20H30FN3O4/c1-16(25)17-4-5-19(18(21)14-17)23-6-8-24(9-7-23)20(26)15-22(10-12-27-2)11-13-28-3/h4-5,14H,6-13,15H2,1-3H3. The number of piperazine rings is 1. The van der Waals surface area contributed by atoms with Crippen molar-refractivity contribution in [3.63, 3.8) is 0 Å². The quantitative estimate of drug-likeness (QED) is 0.556. The Kier molecular flexibility index (Phi) is 8.82. The minimum absolute atomic E-state index is 0.0549. The number of hydrogen-bond donors (Lipinski definition) is 0. The Morgan fingerprint density at radius 1 is 1.07 bits per heavy atom. The van der Waals surface area contributed by atoms with Crippen LogP contribution in [0, 0.1) is 5.82 Å². The van der Waals surface area contributed by atoms with Crippen LogP contribution in [0.5, 0.6) is 0 Å². The molecule has 1 aliphatic heterocycles. The first-order valence-corrected chi connectivity index (χ1v) is 9.49. The van der Waals surface area contributed by atoms with E-state index in [4.69, 9.17) is 9.47 Å². The maximum absolute atomic E-state index is 14.4. The fourth-order valence-corrected chi connectivity index (χ4v) is 3.18. The number of hydrogen-bond acceptors (Lipinski definition) is 6. The van der Waals surface area contributed by atoms with Crippen molar-refractivity contribution in [3.05, 3.63) is 29.6 Å². The van der Waals surface area contributed by atoms with E-state index in [0.717, 1.165) is 0 Å². The smallest absolute Gasteiger partial charge is 0.236 e. The van der Waals surface area contributed by atoms with Gasteiger partial charge in [0, 0.05) is 59.1 Å². The molecule has 0 spiro atoms. The van der Waals surface area contributed by atoms with Crippen molar-refractivity contribution in [1.82, 2.24) is 9.80 Å². The van der Waals surface area contributed by atoms with Gasteiger partial charge in [0.2, 0.25) is 5.91 Å². The predicted molar refractivity (Wildman–Crippen MR) is 105 cm³/mol. The summed E-state index contributed by atoms with van der Waals surface area (Å²) in [6.07, 6.45) is 0. The summed E-state index contributed by atoms with van der Waals surface area (Å²) < 4.78 is 24.6. The molecular weight excluding hydrogens is 365 g/mol. The molecular formula is C20H30FN3O4. The van der Waals surface area contributed by atoms with E-state index in [9.17, 15) is 14.0 Å². The zero-order valence-electron chi connectivity index (χ0n) is 16.9. The number of nitrogens with zero attached hydrogens (tertiary/aromatic N) is 3. The third-order valence-corrected chi connectivity index (χ3v) is 4.91. The molecule has 0 atom stereocenters. The van der Waals surface area contributed by atoms with Crippen LogP contribution in [-0.4, -0.2) is 94.7 Å². The number of Topliss-reactive ketones (excluding diaryl/α,β-unsaturated/α-hetero) is 1. The molecule has 1 amide bonds. The minimum Gasteiger partial charge on any atom is -0.383 e. The molecule has 7 nitrogen and oxygen atoms in total. The molecule has 0 N–H and O–H groups in total. The van der Waals surface area contributed by atoms with E-state index < -0.39 is 5.82 Å². The summed E-state index contributed by atoms with van der Waals surface area (Å²) in [6, 6.07) is 4.56. The van der Waals surface area contributed by atoms with Crippen molar-refractivity contribution in [2.24, 2.45) is 0 Å². The lowest BCUT2D eigenvalue weighted by Crippen LogP contribution is -2.52. The Morgan fingerprint density at radius 2 is 1.68 bits per heavy atom. The summed E-state index contributed by atoms with van der Waals surface area (Å²) in [5.74, 6) is -0.510. The highest BCUT2D eigenvalue weighted by Gasteiger charge is 2.24. The number of ether oxygens (including phenoxy) is 2. The Hall–Kier alpha value is -2.03. The molecule has 0 bridgehead atoms. The van der Waals surface area contributed by atoms with Crippen molar-refractivity contribution in [2.75, 3.05) is 78.1 Å². The molecule has 0 unspecified atom stereocenters. The number of benzene rings is 1. The molecule has 0 aliphatic carbocycles. The number of halogens is 1. The van der Waals surface area contributed by atoms with Crippen LogP contribution < -0.4 is 4.90 Å². The van der Waals surface area contributed by atoms with Gasteiger partial charge in [-0.05, 0) is 25.1 Å². The predicted octanol–water partition coefficient (Wildman–Crippen LogP) is 1.27. The largest absolute Gasteiger partial charge is 0.383 e. The number of amides is 1. The molecule has 1 aliphatic rings. The maximum Gasteiger partial charge on any atom is 0.236 e. The number of rotatable bonds is 10. The molecule has 0 radical (unpaired) electrons. The Balaban J connectivity index is 1.89. The molecule has 1 fully saturated rings. The lowest BCUT2D eigenvalue weighted by molar-refractivity contribution is -0.133. The van der Waals surface area contributed by atoms with Gasteiger partial charge in [0.1, 0.15) is 5.82 Å². The molecule has 28 heavy (non-hydrogen) atoms. The molecule has 1 saturated heterocycles. The second-order valence-electron chi connectivity index (χ2n) is 6.85. The summed E-state index contributed by atoms with van der Waals surface area (Å²) in [6.45, 7) is 6.36. The van der Waals surface area contributed by atoms with Crippen molar-refractivity contribution in [2.45, 2.75) is 6.92 Å². The Morgan fingerprint density at radius 3 is 2.18 bits per heavy atom. The van der Waals surface area contributed by atoms with Crippen molar-refractivity contribution >= 4 is 17.4 Å². The van der Waals surface area contributed by atoms with E-state index >= 15 is 0 Å². The average Bonchev–Trinajstić information content (AvgIpc) is 2.69. The van der Waals surface area contributed by atoms with E-state index in [1.165, 1.54) is 13.0 Å². The van der Waals surface area contributed by atoms with Gasteiger partial charge in [-0.3, -0.25) is 14.5 Å². The van der Waals surface area contributed by atoms with Crippen molar-refractivity contribution < 1.29 is 23.5 Å². The van der Waals surface area contributed by atoms with Gasteiger partial charge in [0.15, 0.2) is 5.78 Å². The molecule has 2 rings (SSSR count). The minimum atomic E-state index is -0.405. The third kappa shape index (κ3) is 6.25. The number of carbonyl (C=O) groups is 2. The van der Waals surface area contributed by atoms with E-state index in [1.54, 1.807) is 26.4 Å². The van der Waals surface area contributed by atoms with Crippen LogP contribution in [0.25, 0.3) is 0 Å². The monoisotopic (exact) mass is 395 g/mol. The molecule has 1 aromatic carbocycles. The molecule has 1 heterocycles. The topological polar surface area (TPSA) is 62.3 Å². The van der Waals surface area contributed by atoms with Crippen LogP contribution in [0.1, 0.15) is 17.3 Å². The second-order valence-corrected chi connectivity index (χ2v) is 6.85. The number of ketones is 1. The number of carbonyl (C=O) groups excluding carboxylic acids is 2. The summed E-state index contributed by atoms with van der Waals surface area (Å²) in [7, 11) is 3.27. The second kappa shape index (κ2) is 11.1. The number of anilines is 1. The van der Waals surface area contributed by atoms with Crippen molar-refractivity contribution in [1.29, 1.82) is 0 Å². The Labute approximate surface area is 166 Å². The first-order chi connectivity index (χ1) is 13.5. The summed E-state index contributed by atoms with van der Waals surface area (Å²) >= 11 is 0. The van der Waals surface area contributed by atoms with Gasteiger partial charge in [-0.15, -0.1) is 0 Å². The highest BCUT2D eigenvalue weighted by atomic mass is 19.1. The first kappa shape index (κ1) is 22.3. The SMILES string of the molecule is COCCN(CCOC)CC(=O)N1CCN(c2ccc(C(C)=O)cc2F)CC1. The lowest BCUT2D eigenvalue weighted by atomic mass is 10.1. The van der Waals surface area contributed by atoms with E-state index in [-0.39, 0.29) is 11.7 Å². The van der Waals surface area contributed by atoms with Crippen LogP contribution in [0.2, 0.25) is 0 Å². The molecule has 0 saturated carbocycles. The lowest BCUT2D eigenvalue weighted by Gasteiger charge is -2.37. The van der Waals surface area contributed by atoms with E-state index in [0.29, 0.717) is 70.3 Å². The van der Waals surface area contributed by atoms with Gasteiger partial charge >= 0.3 is 0 Å². The van der Waals surface area contributed by atoms with Gasteiger partial charge in [0.05, 0.1) is 25.4 Å². The highest BCUT2D eigenvalue weighted by molar-refractivity contribution is 5.94. The van der Waals surface area contributed by atoms with Crippen LogP contribution in [-0.2, 0) is 14.3 Å². The summed E-state index contributed by atoms with van der Waals surface area (Å²) in [4.78, 5) is 29.8. The highest BCUT2D eigenvalue weighted by Crippen LogP contribution is 2.22. The fourth-order valence-electron chi connectivity index (χ4n) is 3.18. The summed E-state index contributed by atoms with van der Waals surface area (Å²) in [5, 5.41) is 0. The normalized spacial score (nSPS) is 14.6. The number of methoxy groups -OCH3 is 2. The maximum atomic E-state index is 14.4. The van der Waals surface area contributed by atoms with Crippen LogP contribution in [0.4, 0.5) is 10.1 Å². The summed E-state index contributed by atoms with van der Waals surface area (Å²) in [5.41, 5.74) is 0.834. The van der Waals surface area contributed by atoms with Gasteiger partial charge in [-0.1, -0.05) is 0 Å². The van der Waals surface area contributed by atoms with Gasteiger partial charge in [-0.2, -0.15) is 0 Å². The fraction of sp³-hybridized carbons (Fsp3) is 0.600. The molecule has 0 aromatic heterocycles. The third-order valence-electron chi connectivity index (χ3n) is 4.91. The molecule has 8 heteroatoms. The Bertz CT molecular complexity index is 655. The van der Waals surface area contributed by atoms with Gasteiger partial charge in [-0.25, -0.2) is 4.39 Å². The average molecular weight is 395 g/mol.